The second-order valence-electron chi connectivity index (χ2n) is 9.39. The molecule has 6 heteroatoms. The summed E-state index contributed by atoms with van der Waals surface area (Å²) >= 11 is 1.76. The van der Waals surface area contributed by atoms with Crippen molar-refractivity contribution >= 4 is 17.3 Å². The molecule has 1 aliphatic carbocycles. The second kappa shape index (κ2) is 8.23. The molecule has 31 heavy (non-hydrogen) atoms. The van der Waals surface area contributed by atoms with Crippen LogP contribution in [0.2, 0.25) is 0 Å². The number of benzene rings is 1. The molecule has 0 amide bonds. The third kappa shape index (κ3) is 4.31. The van der Waals surface area contributed by atoms with Gasteiger partial charge in [0.1, 0.15) is 0 Å². The van der Waals surface area contributed by atoms with E-state index in [1.807, 2.05) is 13.0 Å². The highest BCUT2D eigenvalue weighted by molar-refractivity contribution is 7.15. The van der Waals surface area contributed by atoms with E-state index in [0.29, 0.717) is 23.6 Å². The molecule has 0 saturated heterocycles. The van der Waals surface area contributed by atoms with Gasteiger partial charge in [-0.1, -0.05) is 25.9 Å². The van der Waals surface area contributed by atoms with E-state index in [0.717, 1.165) is 46.4 Å². The molecule has 0 saturated carbocycles. The molecule has 0 atom stereocenters. The molecule has 0 aliphatic heterocycles. The van der Waals surface area contributed by atoms with E-state index >= 15 is 0 Å². The number of carbonyl (C=O) groups is 1. The minimum Gasteiger partial charge on any atom is -0.481 e. The lowest BCUT2D eigenvalue weighted by Gasteiger charge is -2.30. The molecule has 1 aromatic carbocycles. The maximum absolute atomic E-state index is 11.0. The lowest BCUT2D eigenvalue weighted by Crippen LogP contribution is -2.21. The van der Waals surface area contributed by atoms with Gasteiger partial charge in [-0.3, -0.25) is 4.79 Å². The van der Waals surface area contributed by atoms with Crippen LogP contribution >= 0.6 is 11.3 Å². The zero-order valence-corrected chi connectivity index (χ0v) is 19.8. The van der Waals surface area contributed by atoms with E-state index in [1.54, 1.807) is 11.3 Å². The summed E-state index contributed by atoms with van der Waals surface area (Å²) in [6.07, 6.45) is 4.83. The summed E-state index contributed by atoms with van der Waals surface area (Å²) in [7, 11) is 0. The maximum Gasteiger partial charge on any atom is 0.303 e. The van der Waals surface area contributed by atoms with Gasteiger partial charge >= 0.3 is 5.97 Å². The van der Waals surface area contributed by atoms with Gasteiger partial charge in [-0.2, -0.15) is 4.98 Å². The van der Waals surface area contributed by atoms with Gasteiger partial charge in [0.15, 0.2) is 0 Å². The first-order valence-electron chi connectivity index (χ1n) is 11.0. The molecule has 4 rings (SSSR count). The molecule has 164 valence electrons. The molecule has 0 fully saturated rings. The van der Waals surface area contributed by atoms with E-state index in [9.17, 15) is 4.79 Å². The quantitative estimate of drug-likeness (QED) is 0.497. The highest BCUT2D eigenvalue weighted by atomic mass is 32.1. The number of nitrogens with zero attached hydrogens (tertiary/aromatic N) is 2. The van der Waals surface area contributed by atoms with Crippen molar-refractivity contribution in [1.82, 2.24) is 10.1 Å². The predicted octanol–water partition coefficient (Wildman–Crippen LogP) is 6.18. The number of rotatable bonds is 6. The van der Waals surface area contributed by atoms with Gasteiger partial charge in [-0.25, -0.2) is 0 Å². The molecule has 0 bridgehead atoms. The van der Waals surface area contributed by atoms with E-state index in [1.165, 1.54) is 22.4 Å². The largest absolute Gasteiger partial charge is 0.481 e. The molecule has 1 aliphatic rings. The number of carboxylic acid groups (broad SMARTS) is 1. The molecule has 2 aromatic heterocycles. The average Bonchev–Trinajstić information content (AvgIpc) is 3.30. The van der Waals surface area contributed by atoms with Crippen molar-refractivity contribution in [3.63, 3.8) is 0 Å². The molecule has 5 nitrogen and oxygen atoms in total. The fourth-order valence-electron chi connectivity index (χ4n) is 4.68. The standard InChI is InChI=1S/C25H30N2O3S/c1-6-16-12-17(11-14(2)18(16)7-8-21(28)29)23-26-24(30-27-23)22-19-9-10-25(4,5)13-20(19)15(3)31-22/h11-12H,6-10,13H2,1-5H3,(H,28,29). The van der Waals surface area contributed by atoms with Crippen molar-refractivity contribution in [2.45, 2.75) is 73.1 Å². The molecule has 3 aromatic rings. The Bertz CT molecular complexity index is 1140. The first kappa shape index (κ1) is 21.8. The summed E-state index contributed by atoms with van der Waals surface area (Å²) in [4.78, 5) is 18.3. The van der Waals surface area contributed by atoms with Crippen LogP contribution in [-0.2, 0) is 30.5 Å². The van der Waals surface area contributed by atoms with Crippen molar-refractivity contribution < 1.29 is 14.4 Å². The summed E-state index contributed by atoms with van der Waals surface area (Å²) in [6, 6.07) is 4.12. The van der Waals surface area contributed by atoms with E-state index < -0.39 is 5.97 Å². The van der Waals surface area contributed by atoms with Crippen LogP contribution in [0, 0.1) is 19.3 Å². The fraction of sp³-hybridized carbons (Fsp3) is 0.480. The van der Waals surface area contributed by atoms with Crippen LogP contribution in [0.3, 0.4) is 0 Å². The number of hydrogen-bond acceptors (Lipinski definition) is 5. The van der Waals surface area contributed by atoms with Crippen LogP contribution in [0.15, 0.2) is 16.7 Å². The van der Waals surface area contributed by atoms with Gasteiger partial charge in [0.05, 0.1) is 4.88 Å². The second-order valence-corrected chi connectivity index (χ2v) is 10.6. The Hall–Kier alpha value is -2.47. The summed E-state index contributed by atoms with van der Waals surface area (Å²) in [5, 5.41) is 13.4. The molecular weight excluding hydrogens is 408 g/mol. The summed E-state index contributed by atoms with van der Waals surface area (Å²) in [5.74, 6) is 0.425. The number of thiophene rings is 1. The Morgan fingerprint density at radius 1 is 1.26 bits per heavy atom. The SMILES string of the molecule is CCc1cc(-c2noc(-c3sc(C)c4c3CCC(C)(C)C4)n2)cc(C)c1CCC(=O)O. The molecule has 0 radical (unpaired) electrons. The van der Waals surface area contributed by atoms with Crippen LogP contribution in [0.1, 0.15) is 66.3 Å². The Morgan fingerprint density at radius 2 is 2.03 bits per heavy atom. The number of aromatic nitrogens is 2. The van der Waals surface area contributed by atoms with E-state index in [-0.39, 0.29) is 6.42 Å². The fourth-order valence-corrected chi connectivity index (χ4v) is 5.83. The number of aryl methyl sites for hydroxylation is 3. The number of aliphatic carboxylic acids is 1. The minimum absolute atomic E-state index is 0.138. The maximum atomic E-state index is 11.0. The Balaban J connectivity index is 1.67. The highest BCUT2D eigenvalue weighted by Gasteiger charge is 2.31. The van der Waals surface area contributed by atoms with E-state index in [4.69, 9.17) is 14.6 Å². The summed E-state index contributed by atoms with van der Waals surface area (Å²) in [6.45, 7) is 11.0. The van der Waals surface area contributed by atoms with Gasteiger partial charge in [0, 0.05) is 16.9 Å². The monoisotopic (exact) mass is 438 g/mol. The first-order chi connectivity index (χ1) is 14.7. The van der Waals surface area contributed by atoms with Crippen LogP contribution < -0.4 is 0 Å². The van der Waals surface area contributed by atoms with Gasteiger partial charge in [-0.15, -0.1) is 11.3 Å². The third-order valence-corrected chi connectivity index (χ3v) is 7.62. The number of carboxylic acids is 1. The molecular formula is C25H30N2O3S. The summed E-state index contributed by atoms with van der Waals surface area (Å²) in [5.41, 5.74) is 7.44. The van der Waals surface area contributed by atoms with Crippen LogP contribution in [0.4, 0.5) is 0 Å². The zero-order valence-electron chi connectivity index (χ0n) is 19.0. The molecule has 1 N–H and O–H groups in total. The Morgan fingerprint density at radius 3 is 2.74 bits per heavy atom. The first-order valence-corrected chi connectivity index (χ1v) is 11.8. The predicted molar refractivity (Wildman–Crippen MR) is 124 cm³/mol. The topological polar surface area (TPSA) is 76.2 Å². The molecule has 0 unspecified atom stereocenters. The smallest absolute Gasteiger partial charge is 0.303 e. The van der Waals surface area contributed by atoms with Gasteiger partial charge in [0.25, 0.3) is 5.89 Å². The van der Waals surface area contributed by atoms with Crippen molar-refractivity contribution in [1.29, 1.82) is 0 Å². The van der Waals surface area contributed by atoms with Crippen LogP contribution in [0.25, 0.3) is 22.2 Å². The number of fused-ring (bicyclic) bond motifs is 1. The Kier molecular flexibility index (Phi) is 5.77. The van der Waals surface area contributed by atoms with Crippen molar-refractivity contribution in [2.75, 3.05) is 0 Å². The molecule has 0 spiro atoms. The zero-order chi connectivity index (χ0) is 22.3. The molecule has 2 heterocycles. The minimum atomic E-state index is -0.772. The summed E-state index contributed by atoms with van der Waals surface area (Å²) < 4.78 is 5.73. The normalized spacial score (nSPS) is 15.1. The Labute approximate surface area is 187 Å². The van der Waals surface area contributed by atoms with Gasteiger partial charge < -0.3 is 9.63 Å². The average molecular weight is 439 g/mol. The van der Waals surface area contributed by atoms with Crippen molar-refractivity contribution in [2.24, 2.45) is 5.41 Å². The van der Waals surface area contributed by atoms with Crippen molar-refractivity contribution in [3.05, 3.63) is 44.8 Å². The highest BCUT2D eigenvalue weighted by Crippen LogP contribution is 2.45. The third-order valence-electron chi connectivity index (χ3n) is 6.44. The van der Waals surface area contributed by atoms with Crippen molar-refractivity contribution in [3.8, 4) is 22.2 Å². The van der Waals surface area contributed by atoms with Crippen LogP contribution in [0.5, 0.6) is 0 Å². The van der Waals surface area contributed by atoms with Gasteiger partial charge in [0.2, 0.25) is 5.82 Å². The van der Waals surface area contributed by atoms with E-state index in [2.05, 4.69) is 38.9 Å². The lowest BCUT2D eigenvalue weighted by molar-refractivity contribution is -0.136. The number of hydrogen-bond donors (Lipinski definition) is 1. The lowest BCUT2D eigenvalue weighted by atomic mass is 9.74. The van der Waals surface area contributed by atoms with Crippen LogP contribution in [-0.4, -0.2) is 21.2 Å². The van der Waals surface area contributed by atoms with Gasteiger partial charge in [-0.05, 0) is 91.3 Å².